The lowest BCUT2D eigenvalue weighted by Gasteiger charge is -2.41. The Bertz CT molecular complexity index is 2650. The van der Waals surface area contributed by atoms with Crippen molar-refractivity contribution >= 4 is 0 Å². The van der Waals surface area contributed by atoms with Crippen LogP contribution in [0.5, 0.6) is 23.0 Å². The topological polar surface area (TPSA) is 18.5 Å². The fraction of sp³-hybridized carbons (Fsp3) is 0.595. The first-order valence-electron chi connectivity index (χ1n) is 28.9. The molecule has 5 aromatic rings. The molecule has 418 valence electrons. The Morgan fingerprint density at radius 1 is 0.197 bits per heavy atom. The van der Waals surface area contributed by atoms with Crippen LogP contribution in [0.2, 0.25) is 0 Å². The highest BCUT2D eigenvalue weighted by Crippen LogP contribution is 2.63. The molecule has 5 aromatic carbocycles. The largest absolute Gasteiger partial charge is 0.456 e. The standard InChI is InChI=1S/C74H110O2/c1-43-35-47(65(5,6)7)55(48(36-43)66(8,9)10)57-59(73(29,30)31)64(76-62-53(71(23,24)25)41-46(4)42-54(62)72(26,27)28)58(56-49(67(11,12)13)37-44(2)38-50(56)68(14,15)16)60(74(32,33)34)63(57)75-61-51(69(17,18)19)39-45(3)40-52(61)70(20,21)22/h35-42H,1-34H3. The van der Waals surface area contributed by atoms with Crippen LogP contribution in [0.3, 0.4) is 0 Å². The van der Waals surface area contributed by atoms with E-state index < -0.39 is 10.8 Å². The summed E-state index contributed by atoms with van der Waals surface area (Å²) >= 11 is 0. The van der Waals surface area contributed by atoms with Crippen LogP contribution in [0, 0.1) is 27.7 Å². The van der Waals surface area contributed by atoms with Crippen LogP contribution in [0.4, 0.5) is 0 Å². The summed E-state index contributed by atoms with van der Waals surface area (Å²) in [5.74, 6) is 3.77. The van der Waals surface area contributed by atoms with E-state index in [1.54, 1.807) is 0 Å². The fourth-order valence-electron chi connectivity index (χ4n) is 11.5. The summed E-state index contributed by atoms with van der Waals surface area (Å²) in [4.78, 5) is 0. The van der Waals surface area contributed by atoms with Gasteiger partial charge < -0.3 is 9.47 Å². The van der Waals surface area contributed by atoms with Gasteiger partial charge in [-0.05, 0) is 115 Å². The molecule has 0 aliphatic rings. The Hall–Kier alpha value is -4.30. The fourth-order valence-corrected chi connectivity index (χ4v) is 11.5. The zero-order chi connectivity index (χ0) is 58.8. The number of ether oxygens (including phenoxy) is 2. The van der Waals surface area contributed by atoms with Crippen molar-refractivity contribution in [1.29, 1.82) is 0 Å². The molecule has 2 heteroatoms. The smallest absolute Gasteiger partial charge is 0.140 e. The van der Waals surface area contributed by atoms with Crippen LogP contribution < -0.4 is 9.47 Å². The molecule has 2 nitrogen and oxygen atoms in total. The van der Waals surface area contributed by atoms with E-state index in [0.717, 1.165) is 45.3 Å². The Labute approximate surface area is 468 Å². The number of benzene rings is 5. The van der Waals surface area contributed by atoms with Crippen LogP contribution in [0.1, 0.15) is 286 Å². The van der Waals surface area contributed by atoms with Gasteiger partial charge in [0.1, 0.15) is 23.0 Å². The molecule has 0 atom stereocenters. The highest BCUT2D eigenvalue weighted by atomic mass is 16.5. The van der Waals surface area contributed by atoms with E-state index in [1.807, 2.05) is 0 Å². The Morgan fingerprint density at radius 3 is 0.500 bits per heavy atom. The molecule has 0 radical (unpaired) electrons. The van der Waals surface area contributed by atoms with Gasteiger partial charge in [0.15, 0.2) is 0 Å². The third kappa shape index (κ3) is 12.9. The Morgan fingerprint density at radius 2 is 0.355 bits per heavy atom. The van der Waals surface area contributed by atoms with Gasteiger partial charge in [-0.25, -0.2) is 0 Å². The van der Waals surface area contributed by atoms with Crippen molar-refractivity contribution in [3.8, 4) is 45.3 Å². The van der Waals surface area contributed by atoms with Gasteiger partial charge in [0.25, 0.3) is 0 Å². The first-order valence-corrected chi connectivity index (χ1v) is 28.9. The summed E-state index contributed by atoms with van der Waals surface area (Å²) in [6.45, 7) is 80.6. The molecule has 0 N–H and O–H groups in total. The molecular weight excluding hydrogens is 921 g/mol. The summed E-state index contributed by atoms with van der Waals surface area (Å²) in [6.07, 6.45) is 0. The number of aryl methyl sites for hydroxylation is 4. The van der Waals surface area contributed by atoms with Crippen LogP contribution in [0.25, 0.3) is 22.3 Å². The zero-order valence-electron chi connectivity index (χ0n) is 55.4. The zero-order valence-corrected chi connectivity index (χ0v) is 55.4. The van der Waals surface area contributed by atoms with E-state index in [9.17, 15) is 0 Å². The molecule has 5 rings (SSSR count). The molecule has 0 amide bonds. The molecule has 0 saturated carbocycles. The first kappa shape index (κ1) is 62.5. The molecular formula is C74H110O2. The summed E-state index contributed by atoms with van der Waals surface area (Å²) in [5.41, 5.74) is 19.2. The second-order valence-electron chi connectivity index (χ2n) is 33.7. The first-order chi connectivity index (χ1) is 33.7. The van der Waals surface area contributed by atoms with Gasteiger partial charge in [-0.2, -0.15) is 0 Å². The molecule has 0 unspecified atom stereocenters. The van der Waals surface area contributed by atoms with Gasteiger partial charge in [-0.15, -0.1) is 0 Å². The highest BCUT2D eigenvalue weighted by molar-refractivity contribution is 5.95. The molecule has 0 saturated heterocycles. The Kier molecular flexibility index (Phi) is 16.3. The van der Waals surface area contributed by atoms with Gasteiger partial charge in [0.2, 0.25) is 0 Å². The van der Waals surface area contributed by atoms with Crippen molar-refractivity contribution in [3.63, 3.8) is 0 Å². The quantitative estimate of drug-likeness (QED) is 0.169. The molecule has 76 heavy (non-hydrogen) atoms. The monoisotopic (exact) mass is 1030 g/mol. The number of hydrogen-bond acceptors (Lipinski definition) is 2. The molecule has 0 aliphatic carbocycles. The maximum absolute atomic E-state index is 8.55. The van der Waals surface area contributed by atoms with Gasteiger partial charge in [0, 0.05) is 44.5 Å². The van der Waals surface area contributed by atoms with Crippen molar-refractivity contribution in [2.45, 2.75) is 290 Å². The van der Waals surface area contributed by atoms with Crippen LogP contribution in [0.15, 0.2) is 48.5 Å². The molecule has 0 bridgehead atoms. The van der Waals surface area contributed by atoms with Gasteiger partial charge in [0.05, 0.1) is 0 Å². The third-order valence-electron chi connectivity index (χ3n) is 15.3. The minimum Gasteiger partial charge on any atom is -0.456 e. The third-order valence-corrected chi connectivity index (χ3v) is 15.3. The van der Waals surface area contributed by atoms with Crippen molar-refractivity contribution in [3.05, 3.63) is 126 Å². The van der Waals surface area contributed by atoms with Crippen molar-refractivity contribution in [2.75, 3.05) is 0 Å². The predicted molar refractivity (Wildman–Crippen MR) is 336 cm³/mol. The lowest BCUT2D eigenvalue weighted by Crippen LogP contribution is -2.27. The summed E-state index contributed by atoms with van der Waals surface area (Å²) in [5, 5.41) is 0. The van der Waals surface area contributed by atoms with E-state index in [-0.39, 0.29) is 43.3 Å². The molecule has 0 aromatic heterocycles. The van der Waals surface area contributed by atoms with Crippen molar-refractivity contribution in [1.82, 2.24) is 0 Å². The second kappa shape index (κ2) is 19.8. The van der Waals surface area contributed by atoms with E-state index >= 15 is 0 Å². The maximum atomic E-state index is 8.55. The predicted octanol–water partition coefficient (Wildman–Crippen LogP) is 22.8. The van der Waals surface area contributed by atoms with E-state index in [2.05, 4.69) is 284 Å². The minimum atomic E-state index is -0.501. The molecule has 0 heterocycles. The molecule has 0 spiro atoms. The average molecular weight is 1030 g/mol. The Balaban J connectivity index is 2.53. The lowest BCUT2D eigenvalue weighted by atomic mass is 9.65. The van der Waals surface area contributed by atoms with Gasteiger partial charge in [-0.3, -0.25) is 0 Å². The van der Waals surface area contributed by atoms with Gasteiger partial charge >= 0.3 is 0 Å². The van der Waals surface area contributed by atoms with Crippen molar-refractivity contribution < 1.29 is 9.47 Å². The van der Waals surface area contributed by atoms with Gasteiger partial charge in [-0.1, -0.05) is 278 Å². The molecule has 0 fully saturated rings. The minimum absolute atomic E-state index is 0.243. The second-order valence-corrected chi connectivity index (χ2v) is 33.7. The normalized spacial score (nSPS) is 13.9. The summed E-state index contributed by atoms with van der Waals surface area (Å²) in [7, 11) is 0. The van der Waals surface area contributed by atoms with Crippen molar-refractivity contribution in [2.24, 2.45) is 0 Å². The number of hydrogen-bond donors (Lipinski definition) is 0. The van der Waals surface area contributed by atoms with Crippen LogP contribution in [-0.4, -0.2) is 0 Å². The summed E-state index contributed by atoms with van der Waals surface area (Å²) in [6, 6.07) is 19.5. The summed E-state index contributed by atoms with van der Waals surface area (Å²) < 4.78 is 17.1. The number of rotatable bonds is 6. The van der Waals surface area contributed by atoms with Crippen LogP contribution >= 0.6 is 0 Å². The van der Waals surface area contributed by atoms with Crippen LogP contribution in [-0.2, 0) is 54.1 Å². The van der Waals surface area contributed by atoms with E-state index in [1.165, 1.54) is 77.9 Å². The molecule has 0 aliphatic heterocycles. The maximum Gasteiger partial charge on any atom is 0.140 e. The van der Waals surface area contributed by atoms with E-state index in [4.69, 9.17) is 9.47 Å². The highest BCUT2D eigenvalue weighted by Gasteiger charge is 2.44. The SMILES string of the molecule is Cc1cc(C(C)(C)C)c(Oc2c(-c3c(C(C)(C)C)cc(C)cc3C(C)(C)C)c(C(C)(C)C)c(Oc3c(C(C)(C)C)cc(C)cc3C(C)(C)C)c(-c3c(C(C)(C)C)cc(C)cc3C(C)(C)C)c2C(C)(C)C)c(C(C)(C)C)c1. The van der Waals surface area contributed by atoms with E-state index in [0.29, 0.717) is 0 Å². The lowest BCUT2D eigenvalue weighted by molar-refractivity contribution is 0.402. The average Bonchev–Trinajstić information content (AvgIpc) is 3.17.